The number of hydrogen-bond acceptors (Lipinski definition) is 2. The Balaban J connectivity index is 1.86. The molecule has 0 bridgehead atoms. The Morgan fingerprint density at radius 2 is 1.69 bits per heavy atom. The van der Waals surface area contributed by atoms with Crippen LogP contribution in [-0.4, -0.2) is 17.6 Å². The van der Waals surface area contributed by atoms with Crippen LogP contribution in [0.3, 0.4) is 0 Å². The molecule has 0 aliphatic rings. The smallest absolute Gasteiger partial charge is 0.337 e. The van der Waals surface area contributed by atoms with E-state index in [-0.39, 0.29) is 5.97 Å². The minimum Gasteiger partial charge on any atom is -0.465 e. The van der Waals surface area contributed by atoms with E-state index in [0.717, 1.165) is 12.1 Å². The number of hydrogen-bond donors (Lipinski definition) is 0. The van der Waals surface area contributed by atoms with E-state index in [2.05, 4.69) is 54.8 Å². The quantitative estimate of drug-likeness (QED) is 0.476. The number of para-hydroxylation sites is 1. The van der Waals surface area contributed by atoms with Gasteiger partial charge in [0.15, 0.2) is 0 Å². The highest BCUT2D eigenvalue weighted by Gasteiger charge is 2.13. The zero-order valence-corrected chi connectivity index (χ0v) is 15.2. The van der Waals surface area contributed by atoms with E-state index >= 15 is 0 Å². The summed E-state index contributed by atoms with van der Waals surface area (Å²) in [4.78, 5) is 11.6. The number of carbonyl (C=O) groups excluding carboxylic acids is 1. The zero-order valence-electron chi connectivity index (χ0n) is 15.2. The molecule has 3 heteroatoms. The number of esters is 1. The van der Waals surface area contributed by atoms with Crippen molar-refractivity contribution >= 4 is 27.8 Å². The maximum Gasteiger partial charge on any atom is 0.337 e. The number of ether oxygens (including phenoxy) is 1. The van der Waals surface area contributed by atoms with E-state index in [1.807, 2.05) is 24.3 Å². The second kappa shape index (κ2) is 6.34. The number of fused-ring (bicyclic) bond motifs is 3. The maximum atomic E-state index is 11.6. The van der Waals surface area contributed by atoms with Crippen molar-refractivity contribution in [3.05, 3.63) is 82.9 Å². The summed E-state index contributed by atoms with van der Waals surface area (Å²) in [6, 6.07) is 20.7. The molecule has 0 N–H and O–H groups in total. The van der Waals surface area contributed by atoms with Gasteiger partial charge in [-0.2, -0.15) is 0 Å². The van der Waals surface area contributed by atoms with Gasteiger partial charge in [-0.25, -0.2) is 4.79 Å². The molecule has 0 aliphatic carbocycles. The first-order chi connectivity index (χ1) is 12.6. The van der Waals surface area contributed by atoms with Crippen molar-refractivity contribution < 1.29 is 9.53 Å². The monoisotopic (exact) mass is 343 g/mol. The van der Waals surface area contributed by atoms with Crippen LogP contribution in [0.2, 0.25) is 0 Å². The van der Waals surface area contributed by atoms with Gasteiger partial charge in [-0.15, -0.1) is 0 Å². The predicted molar refractivity (Wildman–Crippen MR) is 106 cm³/mol. The standard InChI is InChI=1S/C23H21NO2/c1-15-12-16(2)22-20(13-15)19-6-4-5-7-21(19)24(22)14-17-8-10-18(11-9-17)23(25)26-3/h4-13H,14H2,1-3H3. The highest BCUT2D eigenvalue weighted by atomic mass is 16.5. The molecule has 0 fully saturated rings. The molecule has 0 saturated carbocycles. The number of rotatable bonds is 3. The van der Waals surface area contributed by atoms with E-state index in [1.165, 1.54) is 40.0 Å². The van der Waals surface area contributed by atoms with E-state index in [4.69, 9.17) is 4.74 Å². The minimum atomic E-state index is -0.306. The van der Waals surface area contributed by atoms with Crippen LogP contribution >= 0.6 is 0 Å². The topological polar surface area (TPSA) is 31.2 Å². The summed E-state index contributed by atoms with van der Waals surface area (Å²) in [5, 5.41) is 2.57. The van der Waals surface area contributed by atoms with E-state index < -0.39 is 0 Å². The van der Waals surface area contributed by atoms with Gasteiger partial charge in [-0.05, 0) is 49.2 Å². The Morgan fingerprint density at radius 1 is 0.962 bits per heavy atom. The molecule has 0 amide bonds. The van der Waals surface area contributed by atoms with Crippen molar-refractivity contribution in [1.82, 2.24) is 4.57 Å². The Labute approximate surface area is 152 Å². The van der Waals surface area contributed by atoms with Crippen LogP contribution in [0.5, 0.6) is 0 Å². The van der Waals surface area contributed by atoms with E-state index in [1.54, 1.807) is 0 Å². The van der Waals surface area contributed by atoms with Crippen LogP contribution in [-0.2, 0) is 11.3 Å². The lowest BCUT2D eigenvalue weighted by atomic mass is 10.1. The third kappa shape index (κ3) is 2.66. The fourth-order valence-electron chi connectivity index (χ4n) is 3.79. The van der Waals surface area contributed by atoms with Crippen LogP contribution < -0.4 is 0 Å². The minimum absolute atomic E-state index is 0.306. The molecule has 0 atom stereocenters. The Morgan fingerprint density at radius 3 is 2.42 bits per heavy atom. The molecule has 0 unspecified atom stereocenters. The lowest BCUT2D eigenvalue weighted by Crippen LogP contribution is -2.03. The summed E-state index contributed by atoms with van der Waals surface area (Å²) in [5.74, 6) is -0.306. The van der Waals surface area contributed by atoms with E-state index in [0.29, 0.717) is 5.56 Å². The summed E-state index contributed by atoms with van der Waals surface area (Å²) < 4.78 is 7.15. The Hall–Kier alpha value is -3.07. The molecule has 3 nitrogen and oxygen atoms in total. The molecule has 0 saturated heterocycles. The third-order valence-electron chi connectivity index (χ3n) is 4.92. The molecule has 4 aromatic rings. The molecule has 3 aromatic carbocycles. The molecular weight excluding hydrogens is 322 g/mol. The van der Waals surface area contributed by atoms with Crippen LogP contribution in [0, 0.1) is 13.8 Å². The number of aryl methyl sites for hydroxylation is 2. The second-order valence-electron chi connectivity index (χ2n) is 6.77. The molecule has 0 spiro atoms. The highest BCUT2D eigenvalue weighted by molar-refractivity contribution is 6.09. The van der Waals surface area contributed by atoms with Crippen molar-refractivity contribution in [2.45, 2.75) is 20.4 Å². The first kappa shape index (κ1) is 16.4. The van der Waals surface area contributed by atoms with Crippen LogP contribution in [0.1, 0.15) is 27.0 Å². The third-order valence-corrected chi connectivity index (χ3v) is 4.92. The highest BCUT2D eigenvalue weighted by Crippen LogP contribution is 2.32. The zero-order chi connectivity index (χ0) is 18.3. The lowest BCUT2D eigenvalue weighted by Gasteiger charge is -2.10. The van der Waals surface area contributed by atoms with Crippen molar-refractivity contribution in [2.75, 3.05) is 7.11 Å². The van der Waals surface area contributed by atoms with Gasteiger partial charge in [0.25, 0.3) is 0 Å². The number of benzene rings is 3. The van der Waals surface area contributed by atoms with Gasteiger partial charge in [-0.3, -0.25) is 0 Å². The first-order valence-corrected chi connectivity index (χ1v) is 8.74. The molecule has 1 heterocycles. The summed E-state index contributed by atoms with van der Waals surface area (Å²) in [5.41, 5.74) is 6.79. The fraction of sp³-hybridized carbons (Fsp3) is 0.174. The fourth-order valence-corrected chi connectivity index (χ4v) is 3.79. The Kier molecular flexibility index (Phi) is 4.00. The van der Waals surface area contributed by atoms with Gasteiger partial charge >= 0.3 is 5.97 Å². The molecular formula is C23H21NO2. The number of carbonyl (C=O) groups is 1. The normalized spacial score (nSPS) is 11.2. The van der Waals surface area contributed by atoms with Crippen LogP contribution in [0.4, 0.5) is 0 Å². The Bertz CT molecular complexity index is 1120. The largest absolute Gasteiger partial charge is 0.465 e. The summed E-state index contributed by atoms with van der Waals surface area (Å²) in [6.07, 6.45) is 0. The molecule has 130 valence electrons. The lowest BCUT2D eigenvalue weighted by molar-refractivity contribution is 0.0600. The summed E-state index contributed by atoms with van der Waals surface area (Å²) >= 11 is 0. The van der Waals surface area contributed by atoms with Crippen molar-refractivity contribution in [3.8, 4) is 0 Å². The number of methoxy groups -OCH3 is 1. The second-order valence-corrected chi connectivity index (χ2v) is 6.77. The van der Waals surface area contributed by atoms with Gasteiger partial charge in [0, 0.05) is 22.8 Å². The number of aromatic nitrogens is 1. The predicted octanol–water partition coefficient (Wildman–Crippen LogP) is 5.25. The average molecular weight is 343 g/mol. The van der Waals surface area contributed by atoms with Gasteiger partial charge in [0.05, 0.1) is 18.2 Å². The molecule has 26 heavy (non-hydrogen) atoms. The van der Waals surface area contributed by atoms with Crippen LogP contribution in [0.15, 0.2) is 60.7 Å². The molecule has 0 radical (unpaired) electrons. The van der Waals surface area contributed by atoms with Gasteiger partial charge < -0.3 is 9.30 Å². The van der Waals surface area contributed by atoms with Gasteiger partial charge in [-0.1, -0.05) is 42.0 Å². The van der Waals surface area contributed by atoms with Crippen molar-refractivity contribution in [2.24, 2.45) is 0 Å². The van der Waals surface area contributed by atoms with Gasteiger partial charge in [0.1, 0.15) is 0 Å². The maximum absolute atomic E-state index is 11.6. The SMILES string of the molecule is COC(=O)c1ccc(Cn2c3ccccc3c3cc(C)cc(C)c32)cc1. The molecule has 0 aliphatic heterocycles. The first-order valence-electron chi connectivity index (χ1n) is 8.74. The van der Waals surface area contributed by atoms with Crippen molar-refractivity contribution in [1.29, 1.82) is 0 Å². The average Bonchev–Trinajstić information content (AvgIpc) is 2.96. The van der Waals surface area contributed by atoms with Crippen LogP contribution in [0.25, 0.3) is 21.8 Å². The van der Waals surface area contributed by atoms with E-state index in [9.17, 15) is 4.79 Å². The summed E-state index contributed by atoms with van der Waals surface area (Å²) in [7, 11) is 1.40. The number of nitrogens with zero attached hydrogens (tertiary/aromatic N) is 1. The summed E-state index contributed by atoms with van der Waals surface area (Å²) in [6.45, 7) is 5.07. The molecule has 4 rings (SSSR count). The van der Waals surface area contributed by atoms with Gasteiger partial charge in [0.2, 0.25) is 0 Å². The molecule has 1 aromatic heterocycles. The van der Waals surface area contributed by atoms with Crippen molar-refractivity contribution in [3.63, 3.8) is 0 Å².